The van der Waals surface area contributed by atoms with Gasteiger partial charge in [-0.25, -0.2) is 15.0 Å². The second-order valence-corrected chi connectivity index (χ2v) is 15.4. The zero-order valence-electron chi connectivity index (χ0n) is 33.2. The molecule has 0 aliphatic heterocycles. The van der Waals surface area contributed by atoms with Gasteiger partial charge in [-0.1, -0.05) is 201 Å². The molecule has 1 spiro atoms. The third-order valence-corrected chi connectivity index (χ3v) is 12.3. The molecule has 1 heterocycles. The Kier molecular flexibility index (Phi) is 8.42. The maximum absolute atomic E-state index is 5.14. The molecule has 3 nitrogen and oxygen atoms in total. The van der Waals surface area contributed by atoms with Gasteiger partial charge in [0.15, 0.2) is 17.5 Å². The quantitative estimate of drug-likeness (QED) is 0.152. The molecule has 0 unspecified atom stereocenters. The summed E-state index contributed by atoms with van der Waals surface area (Å²) in [4.78, 5) is 15.3. The zero-order chi connectivity index (χ0) is 40.2. The van der Waals surface area contributed by atoms with Crippen molar-refractivity contribution in [3.63, 3.8) is 0 Å². The van der Waals surface area contributed by atoms with Crippen LogP contribution < -0.4 is 0 Å². The summed E-state index contributed by atoms with van der Waals surface area (Å²) in [7, 11) is 0. The van der Waals surface area contributed by atoms with Crippen LogP contribution in [0.2, 0.25) is 0 Å². The Labute approximate surface area is 350 Å². The van der Waals surface area contributed by atoms with E-state index in [4.69, 9.17) is 15.0 Å². The Morgan fingerprint density at radius 2 is 1.00 bits per heavy atom. The topological polar surface area (TPSA) is 38.7 Å². The van der Waals surface area contributed by atoms with E-state index in [2.05, 4.69) is 183 Å². The molecule has 282 valence electrons. The van der Waals surface area contributed by atoms with Gasteiger partial charge in [-0.15, -0.1) is 0 Å². The summed E-state index contributed by atoms with van der Waals surface area (Å²) in [6.07, 6.45) is 6.16. The molecular formula is C57H39N3. The fourth-order valence-electron chi connectivity index (χ4n) is 9.74. The van der Waals surface area contributed by atoms with Crippen LogP contribution in [0.15, 0.2) is 213 Å². The first-order chi connectivity index (χ1) is 29.7. The third kappa shape index (κ3) is 5.40. The molecule has 60 heavy (non-hydrogen) atoms. The van der Waals surface area contributed by atoms with Crippen LogP contribution in [0.4, 0.5) is 0 Å². The summed E-state index contributed by atoms with van der Waals surface area (Å²) >= 11 is 0. The molecular weight excluding hydrogens is 727 g/mol. The average Bonchev–Trinajstić information content (AvgIpc) is 3.79. The lowest BCUT2D eigenvalue weighted by Gasteiger charge is -2.32. The molecule has 0 atom stereocenters. The highest BCUT2D eigenvalue weighted by Crippen LogP contribution is 2.64. The smallest absolute Gasteiger partial charge is 0.164 e. The van der Waals surface area contributed by atoms with Crippen LogP contribution in [0, 0.1) is 0 Å². The van der Waals surface area contributed by atoms with E-state index in [0.29, 0.717) is 17.5 Å². The molecule has 3 heteroatoms. The number of benzene rings is 8. The molecule has 0 bridgehead atoms. The lowest BCUT2D eigenvalue weighted by Crippen LogP contribution is -2.26. The number of rotatable bonds is 7. The minimum absolute atomic E-state index is 0.442. The lowest BCUT2D eigenvalue weighted by molar-refractivity contribution is 0.796. The number of hydrogen-bond donors (Lipinski definition) is 0. The van der Waals surface area contributed by atoms with Crippen molar-refractivity contribution in [1.82, 2.24) is 15.0 Å². The van der Waals surface area contributed by atoms with Crippen LogP contribution in [0.1, 0.15) is 40.6 Å². The van der Waals surface area contributed by atoms with E-state index in [1.165, 1.54) is 50.1 Å². The highest BCUT2D eigenvalue weighted by Gasteiger charge is 2.52. The molecule has 0 amide bonds. The molecule has 0 saturated heterocycles. The standard InChI is InChI=1S/C57H39N3/c1-3-37(35-38(4-2)54-58-55(40-20-6-5-7-21-40)60-56(59-54)49-31-17-22-39-19-8-9-25-43(39)49)41-23-16-24-42(36-41)44-29-18-30-48-47-28-12-15-34-52(47)57(53(44)48)50-32-13-10-26-45(50)46-27-11-14-33-51(46)57/h3-36H,2H2,1H3/b37-3+,38-35+. The minimum Gasteiger partial charge on any atom is -0.208 e. The predicted molar refractivity (Wildman–Crippen MR) is 248 cm³/mol. The van der Waals surface area contributed by atoms with Crippen LogP contribution in [0.5, 0.6) is 0 Å². The Morgan fingerprint density at radius 3 is 1.72 bits per heavy atom. The predicted octanol–water partition coefficient (Wildman–Crippen LogP) is 14.0. The van der Waals surface area contributed by atoms with Crippen LogP contribution >= 0.6 is 0 Å². The molecule has 0 N–H and O–H groups in total. The molecule has 9 aromatic rings. The van der Waals surface area contributed by atoms with Crippen molar-refractivity contribution in [1.29, 1.82) is 0 Å². The SMILES string of the molecule is C=C/C(=C\C(=C/C)c1cccc(-c2cccc3c2C2(c4ccccc4-c4ccccc42)c2ccccc2-3)c1)c1nc(-c2ccccc2)nc(-c2cccc3ccccc23)n1. The molecule has 11 rings (SSSR count). The van der Waals surface area contributed by atoms with Crippen LogP contribution in [-0.2, 0) is 5.41 Å². The number of allylic oxidation sites excluding steroid dienone is 5. The number of fused-ring (bicyclic) bond motifs is 11. The van der Waals surface area contributed by atoms with E-state index in [1.807, 2.05) is 36.4 Å². The summed E-state index contributed by atoms with van der Waals surface area (Å²) in [6.45, 7) is 6.36. The first-order valence-electron chi connectivity index (χ1n) is 20.5. The number of aromatic nitrogens is 3. The summed E-state index contributed by atoms with van der Waals surface area (Å²) in [5, 5.41) is 2.22. The van der Waals surface area contributed by atoms with Gasteiger partial charge in [0.05, 0.1) is 5.41 Å². The van der Waals surface area contributed by atoms with E-state index < -0.39 is 5.41 Å². The monoisotopic (exact) mass is 765 g/mol. The Hall–Kier alpha value is -7.75. The van der Waals surface area contributed by atoms with Gasteiger partial charge in [-0.3, -0.25) is 0 Å². The van der Waals surface area contributed by atoms with Crippen molar-refractivity contribution in [3.05, 3.63) is 247 Å². The van der Waals surface area contributed by atoms with Gasteiger partial charge in [-0.05, 0) is 96.6 Å². The highest BCUT2D eigenvalue weighted by atomic mass is 15.0. The van der Waals surface area contributed by atoms with Gasteiger partial charge in [-0.2, -0.15) is 0 Å². The normalized spacial score (nSPS) is 13.5. The maximum Gasteiger partial charge on any atom is 0.164 e. The van der Waals surface area contributed by atoms with E-state index in [1.54, 1.807) is 0 Å². The van der Waals surface area contributed by atoms with Crippen molar-refractivity contribution in [3.8, 4) is 56.2 Å². The average molecular weight is 766 g/mol. The fraction of sp³-hybridized carbons (Fsp3) is 0.0351. The molecule has 0 saturated carbocycles. The van der Waals surface area contributed by atoms with E-state index in [9.17, 15) is 0 Å². The van der Waals surface area contributed by atoms with Gasteiger partial charge in [0.1, 0.15) is 0 Å². The van der Waals surface area contributed by atoms with Gasteiger partial charge < -0.3 is 0 Å². The van der Waals surface area contributed by atoms with E-state index in [-0.39, 0.29) is 0 Å². The lowest BCUT2D eigenvalue weighted by atomic mass is 9.68. The second-order valence-electron chi connectivity index (χ2n) is 15.4. The zero-order valence-corrected chi connectivity index (χ0v) is 33.2. The molecule has 1 aromatic heterocycles. The number of hydrogen-bond acceptors (Lipinski definition) is 3. The number of nitrogens with zero attached hydrogens (tertiary/aromatic N) is 3. The van der Waals surface area contributed by atoms with Gasteiger partial charge in [0.25, 0.3) is 0 Å². The second kappa shape index (κ2) is 14.3. The molecule has 0 radical (unpaired) electrons. The molecule has 2 aliphatic rings. The van der Waals surface area contributed by atoms with Gasteiger partial charge >= 0.3 is 0 Å². The Bertz CT molecular complexity index is 3170. The van der Waals surface area contributed by atoms with Crippen molar-refractivity contribution in [2.24, 2.45) is 0 Å². The Balaban J connectivity index is 1.06. The van der Waals surface area contributed by atoms with Crippen LogP contribution in [-0.4, -0.2) is 15.0 Å². The van der Waals surface area contributed by atoms with Crippen molar-refractivity contribution in [2.75, 3.05) is 0 Å². The first-order valence-corrected chi connectivity index (χ1v) is 20.5. The van der Waals surface area contributed by atoms with Crippen molar-refractivity contribution < 1.29 is 0 Å². The van der Waals surface area contributed by atoms with Crippen LogP contribution in [0.3, 0.4) is 0 Å². The summed E-state index contributed by atoms with van der Waals surface area (Å²) in [5.41, 5.74) is 17.3. The van der Waals surface area contributed by atoms with E-state index in [0.717, 1.165) is 44.2 Å². The Morgan fingerprint density at radius 1 is 0.467 bits per heavy atom. The van der Waals surface area contributed by atoms with E-state index >= 15 is 0 Å². The van der Waals surface area contributed by atoms with Crippen molar-refractivity contribution in [2.45, 2.75) is 12.3 Å². The summed E-state index contributed by atoms with van der Waals surface area (Å²) < 4.78 is 0. The molecule has 2 aliphatic carbocycles. The molecule has 8 aromatic carbocycles. The minimum atomic E-state index is -0.442. The highest BCUT2D eigenvalue weighted by molar-refractivity contribution is 5.99. The fourth-order valence-corrected chi connectivity index (χ4v) is 9.74. The molecule has 0 fully saturated rings. The summed E-state index contributed by atoms with van der Waals surface area (Å²) in [6, 6.07) is 67.5. The maximum atomic E-state index is 5.14. The summed E-state index contributed by atoms with van der Waals surface area (Å²) in [5.74, 6) is 1.80. The van der Waals surface area contributed by atoms with Crippen LogP contribution in [0.25, 0.3) is 78.1 Å². The third-order valence-electron chi connectivity index (χ3n) is 12.3. The van der Waals surface area contributed by atoms with Gasteiger partial charge in [0, 0.05) is 16.7 Å². The first kappa shape index (κ1) is 35.4. The van der Waals surface area contributed by atoms with Crippen molar-refractivity contribution >= 4 is 21.9 Å². The largest absolute Gasteiger partial charge is 0.208 e. The van der Waals surface area contributed by atoms with Gasteiger partial charge in [0.2, 0.25) is 0 Å².